The van der Waals surface area contributed by atoms with E-state index in [9.17, 15) is 27.6 Å². The van der Waals surface area contributed by atoms with E-state index in [0.29, 0.717) is 25.7 Å². The molecule has 2 aromatic rings. The molecule has 7 nitrogen and oxygen atoms in total. The number of nitrogens with one attached hydrogen (secondary N) is 1. The Bertz CT molecular complexity index is 1020. The van der Waals surface area contributed by atoms with Crippen LogP contribution < -0.4 is 16.5 Å². The highest BCUT2D eigenvalue weighted by Gasteiger charge is 2.42. The third kappa shape index (κ3) is 3.87. The van der Waals surface area contributed by atoms with E-state index in [2.05, 4.69) is 10.4 Å². The Kier molecular flexibility index (Phi) is 5.20. The minimum Gasteiger partial charge on any atom is -0.368 e. The van der Waals surface area contributed by atoms with Crippen molar-refractivity contribution in [3.05, 3.63) is 57.5 Å². The van der Waals surface area contributed by atoms with E-state index in [1.54, 1.807) is 0 Å². The fourth-order valence-electron chi connectivity index (χ4n) is 3.53. The Morgan fingerprint density at radius 2 is 1.83 bits per heavy atom. The van der Waals surface area contributed by atoms with Crippen LogP contribution >= 0.6 is 0 Å². The number of aromatic nitrogens is 2. The summed E-state index contributed by atoms with van der Waals surface area (Å²) in [5.41, 5.74) is 1.60. The summed E-state index contributed by atoms with van der Waals surface area (Å²) < 4.78 is 41.0. The second-order valence-electron chi connectivity index (χ2n) is 7.03. The standard InChI is InChI=1S/C19H19F3N4O3/c1-11-10-14(27)15(16(28)24-18(17(23)29)8-4-5-9-18)25-26(11)13-7-3-2-6-12(13)19(20,21)22/h2-3,6-7,10H,4-5,8-9H2,1H3,(H2,23,29)(H,24,28). The molecule has 1 aromatic heterocycles. The maximum atomic E-state index is 13.4. The molecule has 10 heteroatoms. The minimum absolute atomic E-state index is 0.119. The predicted molar refractivity (Wildman–Crippen MR) is 97.4 cm³/mol. The summed E-state index contributed by atoms with van der Waals surface area (Å²) in [5.74, 6) is -1.67. The fraction of sp³-hybridized carbons (Fsp3) is 0.368. The maximum Gasteiger partial charge on any atom is 0.418 e. The first-order chi connectivity index (χ1) is 13.5. The zero-order chi connectivity index (χ0) is 21.4. The van der Waals surface area contributed by atoms with Crippen LogP contribution in [-0.4, -0.2) is 27.1 Å². The second kappa shape index (κ2) is 7.34. The number of carbonyl (C=O) groups is 2. The lowest BCUT2D eigenvalue weighted by atomic mass is 9.96. The molecular formula is C19H19F3N4O3. The summed E-state index contributed by atoms with van der Waals surface area (Å²) in [4.78, 5) is 36.9. The summed E-state index contributed by atoms with van der Waals surface area (Å²) in [6.07, 6.45) is -2.66. The predicted octanol–water partition coefficient (Wildman–Crippen LogP) is 2.09. The monoisotopic (exact) mass is 408 g/mol. The lowest BCUT2D eigenvalue weighted by molar-refractivity contribution is -0.137. The molecular weight excluding hydrogens is 389 g/mol. The van der Waals surface area contributed by atoms with Crippen LogP contribution in [0.3, 0.4) is 0 Å². The first-order valence-corrected chi connectivity index (χ1v) is 8.95. The Morgan fingerprint density at radius 3 is 2.41 bits per heavy atom. The summed E-state index contributed by atoms with van der Waals surface area (Å²) in [6, 6.07) is 5.73. The van der Waals surface area contributed by atoms with Crippen LogP contribution in [0.25, 0.3) is 5.69 Å². The smallest absolute Gasteiger partial charge is 0.368 e. The van der Waals surface area contributed by atoms with Crippen LogP contribution in [0.15, 0.2) is 35.1 Å². The lowest BCUT2D eigenvalue weighted by Gasteiger charge is -2.26. The molecule has 0 spiro atoms. The second-order valence-corrected chi connectivity index (χ2v) is 7.03. The van der Waals surface area contributed by atoms with Crippen molar-refractivity contribution in [2.24, 2.45) is 5.73 Å². The van der Waals surface area contributed by atoms with Crippen molar-refractivity contribution in [1.29, 1.82) is 0 Å². The van der Waals surface area contributed by atoms with Gasteiger partial charge in [-0.05, 0) is 31.9 Å². The van der Waals surface area contributed by atoms with E-state index in [-0.39, 0.29) is 11.4 Å². The quantitative estimate of drug-likeness (QED) is 0.808. The topological polar surface area (TPSA) is 107 Å². The summed E-state index contributed by atoms with van der Waals surface area (Å²) in [6.45, 7) is 1.41. The maximum absolute atomic E-state index is 13.4. The molecule has 1 aliphatic carbocycles. The van der Waals surface area contributed by atoms with Crippen molar-refractivity contribution in [1.82, 2.24) is 15.1 Å². The van der Waals surface area contributed by atoms with Crippen LogP contribution in [0.1, 0.15) is 47.4 Å². The Hall–Kier alpha value is -3.17. The summed E-state index contributed by atoms with van der Waals surface area (Å²) in [7, 11) is 0. The zero-order valence-corrected chi connectivity index (χ0v) is 15.5. The largest absolute Gasteiger partial charge is 0.418 e. The Balaban J connectivity index is 2.07. The molecule has 0 radical (unpaired) electrons. The van der Waals surface area contributed by atoms with Crippen molar-refractivity contribution in [2.75, 3.05) is 0 Å². The molecule has 29 heavy (non-hydrogen) atoms. The number of alkyl halides is 3. The van der Waals surface area contributed by atoms with E-state index < -0.39 is 40.2 Å². The number of benzene rings is 1. The van der Waals surface area contributed by atoms with Crippen LogP contribution in [0.2, 0.25) is 0 Å². The number of nitrogens with zero attached hydrogens (tertiary/aromatic N) is 2. The molecule has 1 saturated carbocycles. The van der Waals surface area contributed by atoms with Crippen LogP contribution in [0.4, 0.5) is 13.2 Å². The molecule has 0 unspecified atom stereocenters. The normalized spacial score (nSPS) is 15.9. The van der Waals surface area contributed by atoms with Crippen LogP contribution in [0.5, 0.6) is 0 Å². The Labute approximate surface area is 163 Å². The van der Waals surface area contributed by atoms with Crippen molar-refractivity contribution in [2.45, 2.75) is 44.3 Å². The number of primary amides is 1. The van der Waals surface area contributed by atoms with Gasteiger partial charge in [-0.25, -0.2) is 4.68 Å². The first kappa shape index (κ1) is 20.6. The van der Waals surface area contributed by atoms with Gasteiger partial charge in [-0.3, -0.25) is 14.4 Å². The van der Waals surface area contributed by atoms with E-state index in [1.807, 2.05) is 0 Å². The third-order valence-corrected chi connectivity index (χ3v) is 5.04. The van der Waals surface area contributed by atoms with E-state index in [4.69, 9.17) is 5.73 Å². The van der Waals surface area contributed by atoms with E-state index >= 15 is 0 Å². The van der Waals surface area contributed by atoms with Gasteiger partial charge in [-0.15, -0.1) is 0 Å². The van der Waals surface area contributed by atoms with Gasteiger partial charge in [0.25, 0.3) is 5.91 Å². The fourth-order valence-corrected chi connectivity index (χ4v) is 3.53. The van der Waals surface area contributed by atoms with Crippen LogP contribution in [0, 0.1) is 6.92 Å². The summed E-state index contributed by atoms with van der Waals surface area (Å²) >= 11 is 0. The number of para-hydroxylation sites is 1. The molecule has 3 N–H and O–H groups in total. The molecule has 1 aliphatic rings. The number of amides is 2. The number of aryl methyl sites for hydroxylation is 1. The molecule has 1 aromatic carbocycles. The molecule has 0 atom stereocenters. The molecule has 1 fully saturated rings. The molecule has 0 bridgehead atoms. The van der Waals surface area contributed by atoms with Gasteiger partial charge < -0.3 is 11.1 Å². The van der Waals surface area contributed by atoms with E-state index in [0.717, 1.165) is 16.8 Å². The lowest BCUT2D eigenvalue weighted by Crippen LogP contribution is -2.56. The zero-order valence-electron chi connectivity index (χ0n) is 15.5. The molecule has 0 aliphatic heterocycles. The van der Waals surface area contributed by atoms with Gasteiger partial charge in [0.2, 0.25) is 11.3 Å². The van der Waals surface area contributed by atoms with Gasteiger partial charge in [0.05, 0.1) is 11.3 Å². The van der Waals surface area contributed by atoms with Gasteiger partial charge in [-0.1, -0.05) is 25.0 Å². The number of hydrogen-bond acceptors (Lipinski definition) is 4. The van der Waals surface area contributed by atoms with Crippen molar-refractivity contribution in [3.8, 4) is 5.69 Å². The molecule has 2 amide bonds. The number of carbonyl (C=O) groups excluding carboxylic acids is 2. The first-order valence-electron chi connectivity index (χ1n) is 8.95. The van der Waals surface area contributed by atoms with Gasteiger partial charge in [0.15, 0.2) is 5.69 Å². The van der Waals surface area contributed by atoms with Gasteiger partial charge in [0.1, 0.15) is 5.54 Å². The highest BCUT2D eigenvalue weighted by Crippen LogP contribution is 2.34. The van der Waals surface area contributed by atoms with Gasteiger partial charge >= 0.3 is 6.18 Å². The van der Waals surface area contributed by atoms with Crippen LogP contribution in [-0.2, 0) is 11.0 Å². The average Bonchev–Trinajstić information content (AvgIpc) is 3.11. The Morgan fingerprint density at radius 1 is 1.21 bits per heavy atom. The van der Waals surface area contributed by atoms with E-state index in [1.165, 1.54) is 25.1 Å². The molecule has 3 rings (SSSR count). The van der Waals surface area contributed by atoms with Crippen molar-refractivity contribution in [3.63, 3.8) is 0 Å². The van der Waals surface area contributed by atoms with Crippen molar-refractivity contribution >= 4 is 11.8 Å². The molecule has 154 valence electrons. The number of rotatable bonds is 4. The molecule has 0 saturated heterocycles. The van der Waals surface area contributed by atoms with Crippen molar-refractivity contribution < 1.29 is 22.8 Å². The van der Waals surface area contributed by atoms with Gasteiger partial charge in [-0.2, -0.15) is 18.3 Å². The highest BCUT2D eigenvalue weighted by atomic mass is 19.4. The number of hydrogen-bond donors (Lipinski definition) is 2. The molecule has 1 heterocycles. The SMILES string of the molecule is Cc1cc(=O)c(C(=O)NC2(C(N)=O)CCCC2)nn1-c1ccccc1C(F)(F)F. The summed E-state index contributed by atoms with van der Waals surface area (Å²) in [5, 5.41) is 6.37. The highest BCUT2D eigenvalue weighted by molar-refractivity contribution is 5.97. The number of nitrogens with two attached hydrogens (primary N) is 1. The van der Waals surface area contributed by atoms with Gasteiger partial charge in [0, 0.05) is 11.8 Å². The average molecular weight is 408 g/mol. The minimum atomic E-state index is -4.66. The number of halogens is 3. The third-order valence-electron chi connectivity index (χ3n) is 5.04.